The molecule has 5 nitrogen and oxygen atoms in total. The minimum Gasteiger partial charge on any atom is -0.507 e. The molecule has 112 valence electrons. The van der Waals surface area contributed by atoms with E-state index in [1.807, 2.05) is 36.4 Å². The highest BCUT2D eigenvalue weighted by atomic mass is 16.6. The highest BCUT2D eigenvalue weighted by Crippen LogP contribution is 2.43. The molecular formula is C18H11NO4. The lowest BCUT2D eigenvalue weighted by molar-refractivity contribution is -0.385. The SMILES string of the molecule is O=[N+]([O-])c1ccc2c(cc(O)c3c4ccccc4ccc23)c1O. The van der Waals surface area contributed by atoms with Crippen LogP contribution in [-0.2, 0) is 0 Å². The number of fused-ring (bicyclic) bond motifs is 5. The molecular weight excluding hydrogens is 294 g/mol. The lowest BCUT2D eigenvalue weighted by atomic mass is 9.95. The summed E-state index contributed by atoms with van der Waals surface area (Å²) in [5.41, 5.74) is -0.378. The maximum absolute atomic E-state index is 11.0. The summed E-state index contributed by atoms with van der Waals surface area (Å²) < 4.78 is 0. The molecule has 0 unspecified atom stereocenters. The minimum absolute atomic E-state index is 0.0138. The third kappa shape index (κ3) is 1.80. The zero-order valence-electron chi connectivity index (χ0n) is 11.9. The lowest BCUT2D eigenvalue weighted by Crippen LogP contribution is -1.90. The number of nitro benzene ring substituents is 1. The van der Waals surface area contributed by atoms with E-state index in [4.69, 9.17) is 0 Å². The van der Waals surface area contributed by atoms with E-state index in [9.17, 15) is 20.3 Å². The second-order valence-corrected chi connectivity index (χ2v) is 5.39. The number of nitro groups is 1. The van der Waals surface area contributed by atoms with E-state index in [-0.39, 0.29) is 16.8 Å². The van der Waals surface area contributed by atoms with Gasteiger partial charge in [-0.2, -0.15) is 0 Å². The number of benzene rings is 4. The van der Waals surface area contributed by atoms with Crippen molar-refractivity contribution in [1.29, 1.82) is 0 Å². The van der Waals surface area contributed by atoms with Crippen molar-refractivity contribution in [3.05, 3.63) is 64.7 Å². The molecule has 2 N–H and O–H groups in total. The van der Waals surface area contributed by atoms with Crippen LogP contribution in [0.25, 0.3) is 32.3 Å². The Kier molecular flexibility index (Phi) is 2.65. The molecule has 0 fully saturated rings. The molecule has 0 aliphatic heterocycles. The molecule has 0 aliphatic rings. The minimum atomic E-state index is -0.642. The van der Waals surface area contributed by atoms with E-state index in [1.165, 1.54) is 12.1 Å². The average Bonchev–Trinajstić information content (AvgIpc) is 2.55. The van der Waals surface area contributed by atoms with Gasteiger partial charge in [0.15, 0.2) is 0 Å². The number of nitrogens with zero attached hydrogens (tertiary/aromatic N) is 1. The van der Waals surface area contributed by atoms with Crippen LogP contribution in [-0.4, -0.2) is 15.1 Å². The van der Waals surface area contributed by atoms with E-state index >= 15 is 0 Å². The summed E-state index contributed by atoms with van der Waals surface area (Å²) in [4.78, 5) is 10.3. The summed E-state index contributed by atoms with van der Waals surface area (Å²) in [6.45, 7) is 0. The molecule has 0 amide bonds. The van der Waals surface area contributed by atoms with Gasteiger partial charge in [-0.3, -0.25) is 10.1 Å². The van der Waals surface area contributed by atoms with E-state index < -0.39 is 10.7 Å². The number of aromatic hydroxyl groups is 2. The summed E-state index contributed by atoms with van der Waals surface area (Å²) in [7, 11) is 0. The molecule has 0 aromatic heterocycles. The molecule has 4 rings (SSSR count). The summed E-state index contributed by atoms with van der Waals surface area (Å²) in [6, 6.07) is 15.7. The van der Waals surface area contributed by atoms with Crippen LogP contribution in [0.1, 0.15) is 0 Å². The Morgan fingerprint density at radius 1 is 0.826 bits per heavy atom. The first kappa shape index (κ1) is 13.3. The second kappa shape index (κ2) is 4.58. The predicted molar refractivity (Wildman–Crippen MR) is 88.9 cm³/mol. The first-order chi connectivity index (χ1) is 11.1. The average molecular weight is 305 g/mol. The molecule has 0 radical (unpaired) electrons. The van der Waals surface area contributed by atoms with Gasteiger partial charge >= 0.3 is 5.69 Å². The Bertz CT molecular complexity index is 1120. The fraction of sp³-hybridized carbons (Fsp3) is 0. The van der Waals surface area contributed by atoms with Crippen molar-refractivity contribution in [1.82, 2.24) is 0 Å². The molecule has 0 aliphatic carbocycles. The Balaban J connectivity index is 2.24. The van der Waals surface area contributed by atoms with Crippen LogP contribution in [0.4, 0.5) is 5.69 Å². The smallest absolute Gasteiger partial charge is 0.311 e. The Labute approximate surface area is 130 Å². The Morgan fingerprint density at radius 3 is 2.35 bits per heavy atom. The van der Waals surface area contributed by atoms with Crippen LogP contribution in [0.15, 0.2) is 54.6 Å². The van der Waals surface area contributed by atoms with Gasteiger partial charge in [-0.15, -0.1) is 0 Å². The number of phenolic OH excluding ortho intramolecular Hbond substituents is 2. The maximum atomic E-state index is 11.0. The van der Waals surface area contributed by atoms with Crippen LogP contribution in [0.2, 0.25) is 0 Å². The Morgan fingerprint density at radius 2 is 1.57 bits per heavy atom. The first-order valence-corrected chi connectivity index (χ1v) is 7.01. The normalized spacial score (nSPS) is 11.3. The van der Waals surface area contributed by atoms with Gasteiger partial charge in [-0.05, 0) is 33.7 Å². The monoisotopic (exact) mass is 305 g/mol. The van der Waals surface area contributed by atoms with Crippen molar-refractivity contribution < 1.29 is 15.1 Å². The number of rotatable bonds is 1. The molecule has 0 saturated heterocycles. The topological polar surface area (TPSA) is 83.6 Å². The molecule has 0 saturated carbocycles. The summed E-state index contributed by atoms with van der Waals surface area (Å²) in [5, 5.41) is 35.8. The van der Waals surface area contributed by atoms with Crippen LogP contribution >= 0.6 is 0 Å². The van der Waals surface area contributed by atoms with Crippen LogP contribution in [0.5, 0.6) is 11.5 Å². The molecule has 0 spiro atoms. The van der Waals surface area contributed by atoms with Crippen molar-refractivity contribution in [2.24, 2.45) is 0 Å². The molecule has 0 bridgehead atoms. The van der Waals surface area contributed by atoms with Crippen molar-refractivity contribution in [3.8, 4) is 11.5 Å². The van der Waals surface area contributed by atoms with Crippen molar-refractivity contribution >= 4 is 38.0 Å². The van der Waals surface area contributed by atoms with Crippen molar-refractivity contribution in [2.75, 3.05) is 0 Å². The summed E-state index contributed by atoms with van der Waals surface area (Å²) in [6.07, 6.45) is 0. The van der Waals surface area contributed by atoms with E-state index in [2.05, 4.69) is 0 Å². The number of hydrogen-bond donors (Lipinski definition) is 2. The first-order valence-electron chi connectivity index (χ1n) is 7.01. The maximum Gasteiger partial charge on any atom is 0.311 e. The lowest BCUT2D eigenvalue weighted by Gasteiger charge is -2.10. The quantitative estimate of drug-likeness (QED) is 0.309. The van der Waals surface area contributed by atoms with Crippen molar-refractivity contribution in [2.45, 2.75) is 0 Å². The van der Waals surface area contributed by atoms with Gasteiger partial charge in [0.05, 0.1) is 4.92 Å². The van der Waals surface area contributed by atoms with Gasteiger partial charge in [0.1, 0.15) is 5.75 Å². The molecule has 23 heavy (non-hydrogen) atoms. The second-order valence-electron chi connectivity index (χ2n) is 5.39. The third-order valence-corrected chi connectivity index (χ3v) is 4.15. The zero-order chi connectivity index (χ0) is 16.1. The zero-order valence-corrected chi connectivity index (χ0v) is 11.9. The molecule has 5 heteroatoms. The van der Waals surface area contributed by atoms with Gasteiger partial charge in [-0.1, -0.05) is 36.4 Å². The van der Waals surface area contributed by atoms with Gasteiger partial charge in [-0.25, -0.2) is 0 Å². The van der Waals surface area contributed by atoms with Gasteiger partial charge in [0.25, 0.3) is 0 Å². The molecule has 4 aromatic carbocycles. The molecule has 0 heterocycles. The number of phenols is 2. The fourth-order valence-corrected chi connectivity index (χ4v) is 3.11. The van der Waals surface area contributed by atoms with Crippen LogP contribution in [0.3, 0.4) is 0 Å². The predicted octanol–water partition coefficient (Wildman–Crippen LogP) is 4.47. The molecule has 0 atom stereocenters. The van der Waals surface area contributed by atoms with Crippen molar-refractivity contribution in [3.63, 3.8) is 0 Å². The van der Waals surface area contributed by atoms with Gasteiger partial charge in [0, 0.05) is 16.8 Å². The highest BCUT2D eigenvalue weighted by Gasteiger charge is 2.19. The standard InChI is InChI=1S/C18H11NO4/c20-16-9-14-12(7-8-15(18(14)21)19(22)23)13-6-5-10-3-1-2-4-11(10)17(13)16/h1-9,20-21H. The largest absolute Gasteiger partial charge is 0.507 e. The number of hydrogen-bond acceptors (Lipinski definition) is 4. The molecule has 4 aromatic rings. The fourth-order valence-electron chi connectivity index (χ4n) is 3.11. The van der Waals surface area contributed by atoms with Crippen LogP contribution < -0.4 is 0 Å². The Hall–Kier alpha value is -3.34. The summed E-state index contributed by atoms with van der Waals surface area (Å²) in [5.74, 6) is -0.446. The van der Waals surface area contributed by atoms with Gasteiger partial charge < -0.3 is 10.2 Å². The summed E-state index contributed by atoms with van der Waals surface area (Å²) >= 11 is 0. The van der Waals surface area contributed by atoms with Gasteiger partial charge in [0.2, 0.25) is 5.75 Å². The van der Waals surface area contributed by atoms with E-state index in [1.54, 1.807) is 6.07 Å². The third-order valence-electron chi connectivity index (χ3n) is 4.15. The van der Waals surface area contributed by atoms with E-state index in [0.29, 0.717) is 10.8 Å². The van der Waals surface area contributed by atoms with Crippen LogP contribution in [0, 0.1) is 10.1 Å². The highest BCUT2D eigenvalue weighted by molar-refractivity contribution is 6.21. The van der Waals surface area contributed by atoms with E-state index in [0.717, 1.165) is 16.2 Å².